The van der Waals surface area contributed by atoms with Gasteiger partial charge in [0.05, 0.1) is 12.1 Å². The van der Waals surface area contributed by atoms with Crippen LogP contribution in [0.5, 0.6) is 0 Å². The molecule has 5 heteroatoms. The number of nitrogens with two attached hydrogens (primary N) is 1. The topological polar surface area (TPSA) is 86.8 Å². The highest BCUT2D eigenvalue weighted by Gasteiger charge is 2.40. The van der Waals surface area contributed by atoms with Gasteiger partial charge < -0.3 is 20.8 Å². The van der Waals surface area contributed by atoms with Gasteiger partial charge in [0.2, 0.25) is 0 Å². The van der Waals surface area contributed by atoms with Crippen molar-refractivity contribution in [3.8, 4) is 0 Å². The third-order valence-corrected chi connectivity index (χ3v) is 4.08. The molecule has 1 heterocycles. The average molecular weight is 278 g/mol. The third kappa shape index (κ3) is 3.11. The molecular weight excluding hydrogens is 256 g/mol. The second-order valence-electron chi connectivity index (χ2n) is 5.53. The number of amides is 1. The largest absolute Gasteiger partial charge is 0.465 e. The highest BCUT2D eigenvalue weighted by molar-refractivity contribution is 5.66. The summed E-state index contributed by atoms with van der Waals surface area (Å²) < 4.78 is 0. The van der Waals surface area contributed by atoms with Crippen molar-refractivity contribution in [1.29, 1.82) is 0 Å². The molecule has 0 spiro atoms. The molecule has 1 saturated heterocycles. The number of rotatable bonds is 4. The van der Waals surface area contributed by atoms with Gasteiger partial charge in [0.1, 0.15) is 0 Å². The second kappa shape index (κ2) is 6.24. The summed E-state index contributed by atoms with van der Waals surface area (Å²) in [6.07, 6.45) is 0.158. The minimum absolute atomic E-state index is 0.0592. The van der Waals surface area contributed by atoms with E-state index in [1.54, 1.807) is 0 Å². The molecule has 4 N–H and O–H groups in total. The van der Waals surface area contributed by atoms with Crippen LogP contribution in [0, 0.1) is 0 Å². The van der Waals surface area contributed by atoms with E-state index in [-0.39, 0.29) is 6.04 Å². The van der Waals surface area contributed by atoms with Gasteiger partial charge in [0, 0.05) is 12.1 Å². The van der Waals surface area contributed by atoms with Crippen molar-refractivity contribution >= 4 is 6.09 Å². The maximum Gasteiger partial charge on any atom is 0.407 e. The zero-order chi connectivity index (χ0) is 14.7. The van der Waals surface area contributed by atoms with Crippen LogP contribution >= 0.6 is 0 Å². The van der Waals surface area contributed by atoms with Crippen molar-refractivity contribution in [2.75, 3.05) is 0 Å². The van der Waals surface area contributed by atoms with Crippen LogP contribution in [0.2, 0.25) is 0 Å². The number of hydrogen-bond acceptors (Lipinski definition) is 3. The number of aliphatic hydroxyl groups excluding tert-OH is 1. The minimum atomic E-state index is -0.981. The number of aliphatic hydroxyl groups is 1. The first-order valence-corrected chi connectivity index (χ1v) is 6.99. The van der Waals surface area contributed by atoms with Crippen LogP contribution in [0.4, 0.5) is 4.79 Å². The summed E-state index contributed by atoms with van der Waals surface area (Å²) in [5.41, 5.74) is 7.12. The predicted molar refractivity (Wildman–Crippen MR) is 76.5 cm³/mol. The lowest BCUT2D eigenvalue weighted by Gasteiger charge is -2.32. The molecule has 110 valence electrons. The van der Waals surface area contributed by atoms with E-state index in [0.29, 0.717) is 12.8 Å². The Labute approximate surface area is 119 Å². The van der Waals surface area contributed by atoms with Gasteiger partial charge in [-0.05, 0) is 31.7 Å². The Morgan fingerprint density at radius 2 is 2.05 bits per heavy atom. The number of carbonyl (C=O) groups is 1. The molecule has 4 unspecified atom stereocenters. The van der Waals surface area contributed by atoms with E-state index < -0.39 is 24.3 Å². The van der Waals surface area contributed by atoms with Crippen LogP contribution in [0.15, 0.2) is 30.3 Å². The van der Waals surface area contributed by atoms with E-state index in [1.807, 2.05) is 37.3 Å². The summed E-state index contributed by atoms with van der Waals surface area (Å²) in [5, 5.41) is 19.6. The zero-order valence-electron chi connectivity index (χ0n) is 11.6. The Hall–Kier alpha value is -1.59. The Morgan fingerprint density at radius 1 is 1.40 bits per heavy atom. The van der Waals surface area contributed by atoms with E-state index in [2.05, 4.69) is 0 Å². The normalized spacial score (nSPS) is 25.4. The number of nitrogens with zero attached hydrogens (tertiary/aromatic N) is 1. The van der Waals surface area contributed by atoms with Gasteiger partial charge in [-0.1, -0.05) is 30.3 Å². The molecule has 4 atom stereocenters. The Bertz CT molecular complexity index is 452. The first-order chi connectivity index (χ1) is 9.50. The summed E-state index contributed by atoms with van der Waals surface area (Å²) in [4.78, 5) is 12.6. The molecule has 2 rings (SSSR count). The quantitative estimate of drug-likeness (QED) is 0.778. The van der Waals surface area contributed by atoms with E-state index in [9.17, 15) is 15.0 Å². The number of carboxylic acid groups (broad SMARTS) is 1. The van der Waals surface area contributed by atoms with Crippen molar-refractivity contribution in [3.63, 3.8) is 0 Å². The first-order valence-electron chi connectivity index (χ1n) is 6.99. The Balaban J connectivity index is 2.03. The second-order valence-corrected chi connectivity index (χ2v) is 5.53. The van der Waals surface area contributed by atoms with Crippen LogP contribution in [0.1, 0.15) is 25.3 Å². The van der Waals surface area contributed by atoms with Gasteiger partial charge in [-0.15, -0.1) is 0 Å². The van der Waals surface area contributed by atoms with Gasteiger partial charge in [-0.25, -0.2) is 4.79 Å². The fourth-order valence-electron chi connectivity index (χ4n) is 2.98. The molecular formula is C15H22N2O3. The summed E-state index contributed by atoms with van der Waals surface area (Å²) in [6.45, 7) is 1.86. The van der Waals surface area contributed by atoms with Crippen LogP contribution in [0.25, 0.3) is 0 Å². The van der Waals surface area contributed by atoms with Crippen molar-refractivity contribution in [2.24, 2.45) is 5.73 Å². The fraction of sp³-hybridized carbons (Fsp3) is 0.533. The van der Waals surface area contributed by atoms with E-state index in [4.69, 9.17) is 5.73 Å². The monoisotopic (exact) mass is 278 g/mol. The summed E-state index contributed by atoms with van der Waals surface area (Å²) in [6, 6.07) is 8.77. The van der Waals surface area contributed by atoms with Crippen LogP contribution in [-0.4, -0.2) is 45.4 Å². The lowest BCUT2D eigenvalue weighted by molar-refractivity contribution is 0.0428. The number of hydrogen-bond donors (Lipinski definition) is 3. The SMILES string of the molecule is CC1CCC(C(O)C(N)Cc2ccccc2)N1C(=O)O. The lowest BCUT2D eigenvalue weighted by atomic mass is 9.96. The smallest absolute Gasteiger partial charge is 0.407 e. The van der Waals surface area contributed by atoms with Crippen molar-refractivity contribution in [2.45, 2.75) is 50.4 Å². The number of benzene rings is 1. The number of likely N-dealkylation sites (tertiary alicyclic amines) is 1. The molecule has 0 aromatic heterocycles. The zero-order valence-corrected chi connectivity index (χ0v) is 11.6. The summed E-state index contributed by atoms with van der Waals surface area (Å²) in [5.74, 6) is 0. The molecule has 1 aromatic rings. The summed E-state index contributed by atoms with van der Waals surface area (Å²) in [7, 11) is 0. The highest BCUT2D eigenvalue weighted by atomic mass is 16.4. The standard InChI is InChI=1S/C15H22N2O3/c1-10-7-8-13(17(10)15(19)20)14(18)12(16)9-11-5-3-2-4-6-11/h2-6,10,12-14,18H,7-9,16H2,1H3,(H,19,20). The molecule has 1 aromatic carbocycles. The van der Waals surface area contributed by atoms with Crippen LogP contribution in [-0.2, 0) is 6.42 Å². The molecule has 1 aliphatic heterocycles. The van der Waals surface area contributed by atoms with Gasteiger partial charge in [-0.2, -0.15) is 0 Å². The lowest BCUT2D eigenvalue weighted by Crippen LogP contribution is -2.52. The Kier molecular flexibility index (Phi) is 4.62. The minimum Gasteiger partial charge on any atom is -0.465 e. The van der Waals surface area contributed by atoms with Crippen molar-refractivity contribution in [3.05, 3.63) is 35.9 Å². The molecule has 0 saturated carbocycles. The molecule has 0 aliphatic carbocycles. The molecule has 5 nitrogen and oxygen atoms in total. The summed E-state index contributed by atoms with van der Waals surface area (Å²) >= 11 is 0. The van der Waals surface area contributed by atoms with Crippen molar-refractivity contribution in [1.82, 2.24) is 4.90 Å². The van der Waals surface area contributed by atoms with Gasteiger partial charge in [0.15, 0.2) is 0 Å². The first kappa shape index (κ1) is 14.8. The van der Waals surface area contributed by atoms with Gasteiger partial charge >= 0.3 is 6.09 Å². The molecule has 1 aliphatic rings. The van der Waals surface area contributed by atoms with E-state index in [1.165, 1.54) is 4.90 Å². The third-order valence-electron chi connectivity index (χ3n) is 4.08. The maximum absolute atomic E-state index is 11.3. The van der Waals surface area contributed by atoms with Crippen LogP contribution in [0.3, 0.4) is 0 Å². The molecule has 1 fully saturated rings. The van der Waals surface area contributed by atoms with Crippen LogP contribution < -0.4 is 5.73 Å². The molecule has 20 heavy (non-hydrogen) atoms. The Morgan fingerprint density at radius 3 is 2.65 bits per heavy atom. The fourth-order valence-corrected chi connectivity index (χ4v) is 2.98. The molecule has 1 amide bonds. The van der Waals surface area contributed by atoms with Gasteiger partial charge in [0.25, 0.3) is 0 Å². The predicted octanol–water partition coefficient (Wildman–Crippen LogP) is 1.45. The highest BCUT2D eigenvalue weighted by Crippen LogP contribution is 2.27. The maximum atomic E-state index is 11.3. The van der Waals surface area contributed by atoms with E-state index >= 15 is 0 Å². The molecule has 0 bridgehead atoms. The molecule has 0 radical (unpaired) electrons. The van der Waals surface area contributed by atoms with Crippen molar-refractivity contribution < 1.29 is 15.0 Å². The van der Waals surface area contributed by atoms with Gasteiger partial charge in [-0.3, -0.25) is 0 Å². The van der Waals surface area contributed by atoms with E-state index in [0.717, 1.165) is 12.0 Å². The average Bonchev–Trinajstić information content (AvgIpc) is 2.81.